The van der Waals surface area contributed by atoms with Crippen molar-refractivity contribution in [2.45, 2.75) is 98.1 Å². The lowest BCUT2D eigenvalue weighted by Crippen LogP contribution is -2.37. The summed E-state index contributed by atoms with van der Waals surface area (Å²) in [5, 5.41) is 11.7. The van der Waals surface area contributed by atoms with E-state index in [9.17, 15) is 9.67 Å². The maximum Gasteiger partial charge on any atom is 0.364 e. The number of aliphatic hydroxyl groups is 1. The zero-order valence-electron chi connectivity index (χ0n) is 22.3. The molecule has 7 heteroatoms. The highest BCUT2D eigenvalue weighted by Gasteiger charge is 2.47. The van der Waals surface area contributed by atoms with Crippen molar-refractivity contribution < 1.29 is 28.2 Å². The first-order valence-corrected chi connectivity index (χ1v) is 15.2. The molecule has 1 N–H and O–H groups in total. The monoisotopic (exact) mass is 508 g/mol. The van der Waals surface area contributed by atoms with Gasteiger partial charge in [0.2, 0.25) is 6.79 Å². The van der Waals surface area contributed by atoms with Gasteiger partial charge in [0.05, 0.1) is 12.2 Å². The summed E-state index contributed by atoms with van der Waals surface area (Å²) in [5.41, 5.74) is 0.415. The topological polar surface area (TPSA) is 74.2 Å². The Morgan fingerprint density at radius 2 is 1.43 bits per heavy atom. The van der Waals surface area contributed by atoms with Gasteiger partial charge in [0.25, 0.3) is 0 Å². The molecular formula is C28H45O6P. The number of rotatable bonds is 8. The molecule has 35 heavy (non-hydrogen) atoms. The molecule has 0 bridgehead atoms. The fourth-order valence-electron chi connectivity index (χ4n) is 6.32. The van der Waals surface area contributed by atoms with E-state index in [1.54, 1.807) is 18.2 Å². The SMILES string of the molecule is CC(C)[C@H]1CC[C@@H](C)C[C@H]1OP(=O)(O[C@@H]1C[C@H](C)CC[C@@H]1C(C)C)[C@H](O)c1cccc2c1OCO2. The third-order valence-electron chi connectivity index (χ3n) is 8.49. The van der Waals surface area contributed by atoms with Crippen LogP contribution in [0, 0.1) is 35.5 Å². The fourth-order valence-corrected chi connectivity index (χ4v) is 8.38. The maximum absolute atomic E-state index is 14.8. The fraction of sp³-hybridized carbons (Fsp3) is 0.786. The van der Waals surface area contributed by atoms with Crippen LogP contribution in [0.5, 0.6) is 11.5 Å². The second-order valence-electron chi connectivity index (χ2n) is 11.9. The van der Waals surface area contributed by atoms with Crippen LogP contribution in [-0.4, -0.2) is 24.1 Å². The largest absolute Gasteiger partial charge is 0.454 e. The molecule has 0 radical (unpaired) electrons. The van der Waals surface area contributed by atoms with Crippen molar-refractivity contribution in [2.75, 3.05) is 6.79 Å². The highest BCUT2D eigenvalue weighted by molar-refractivity contribution is 7.54. The van der Waals surface area contributed by atoms with Crippen LogP contribution in [0.1, 0.15) is 91.5 Å². The van der Waals surface area contributed by atoms with Crippen molar-refractivity contribution in [3.05, 3.63) is 23.8 Å². The molecule has 1 aromatic rings. The summed E-state index contributed by atoms with van der Waals surface area (Å²) >= 11 is 0. The van der Waals surface area contributed by atoms with E-state index in [0.29, 0.717) is 40.7 Å². The van der Waals surface area contributed by atoms with Gasteiger partial charge in [-0.2, -0.15) is 0 Å². The summed E-state index contributed by atoms with van der Waals surface area (Å²) in [6, 6.07) is 5.32. The number of hydrogen-bond acceptors (Lipinski definition) is 6. The highest BCUT2D eigenvalue weighted by atomic mass is 31.2. The molecule has 2 fully saturated rings. The van der Waals surface area contributed by atoms with Crippen LogP contribution in [-0.2, 0) is 13.6 Å². The number of aliphatic hydroxyl groups excluding tert-OH is 1. The van der Waals surface area contributed by atoms with Crippen LogP contribution in [0.3, 0.4) is 0 Å². The predicted molar refractivity (Wildman–Crippen MR) is 138 cm³/mol. The van der Waals surface area contributed by atoms with Crippen LogP contribution in [0.2, 0.25) is 0 Å². The van der Waals surface area contributed by atoms with E-state index < -0.39 is 13.4 Å². The Labute approximate surface area is 211 Å². The Morgan fingerprint density at radius 3 is 1.94 bits per heavy atom. The van der Waals surface area contributed by atoms with Gasteiger partial charge in [-0.15, -0.1) is 0 Å². The first-order chi connectivity index (χ1) is 16.6. The molecule has 198 valence electrons. The number of benzene rings is 1. The van der Waals surface area contributed by atoms with Crippen molar-refractivity contribution >= 4 is 7.60 Å². The quantitative estimate of drug-likeness (QED) is 0.365. The van der Waals surface area contributed by atoms with Gasteiger partial charge in [0.1, 0.15) is 0 Å². The Kier molecular flexibility index (Phi) is 8.58. The second-order valence-corrected chi connectivity index (χ2v) is 13.9. The van der Waals surface area contributed by atoms with Crippen molar-refractivity contribution in [3.8, 4) is 11.5 Å². The molecule has 1 aromatic carbocycles. The molecule has 0 aromatic heterocycles. The van der Waals surface area contributed by atoms with Gasteiger partial charge in [0, 0.05) is 5.56 Å². The van der Waals surface area contributed by atoms with Crippen molar-refractivity contribution in [3.63, 3.8) is 0 Å². The first kappa shape index (κ1) is 27.0. The number of fused-ring (bicyclic) bond motifs is 1. The summed E-state index contributed by atoms with van der Waals surface area (Å²) in [7, 11) is -3.99. The summed E-state index contributed by atoms with van der Waals surface area (Å²) in [4.78, 5) is 0. The molecule has 0 unspecified atom stereocenters. The molecular weight excluding hydrogens is 463 g/mol. The van der Waals surface area contributed by atoms with E-state index in [2.05, 4.69) is 41.5 Å². The van der Waals surface area contributed by atoms with Crippen LogP contribution < -0.4 is 9.47 Å². The van der Waals surface area contributed by atoms with E-state index in [-0.39, 0.29) is 30.8 Å². The van der Waals surface area contributed by atoms with Gasteiger partial charge in [-0.1, -0.05) is 66.5 Å². The molecule has 3 aliphatic rings. The third kappa shape index (κ3) is 5.92. The molecule has 0 spiro atoms. The summed E-state index contributed by atoms with van der Waals surface area (Å²) in [5.74, 6) is 1.86. The average Bonchev–Trinajstić information content (AvgIpc) is 3.27. The second kappa shape index (κ2) is 11.1. The van der Waals surface area contributed by atoms with E-state index in [1.165, 1.54) is 0 Å². The number of para-hydroxylation sites is 1. The van der Waals surface area contributed by atoms with Gasteiger partial charge < -0.3 is 23.6 Å². The van der Waals surface area contributed by atoms with Crippen LogP contribution in [0.4, 0.5) is 0 Å². The summed E-state index contributed by atoms with van der Waals surface area (Å²) in [6.45, 7) is 13.3. The molecule has 6 nitrogen and oxygen atoms in total. The molecule has 7 atom stereocenters. The van der Waals surface area contributed by atoms with Crippen LogP contribution >= 0.6 is 7.60 Å². The third-order valence-corrected chi connectivity index (χ3v) is 10.5. The van der Waals surface area contributed by atoms with E-state index >= 15 is 0 Å². The van der Waals surface area contributed by atoms with E-state index in [4.69, 9.17) is 18.5 Å². The van der Waals surface area contributed by atoms with Gasteiger partial charge in [-0.05, 0) is 67.3 Å². The molecule has 0 amide bonds. The standard InChI is InChI=1S/C28H45O6P/c1-17(2)21-12-10-19(5)14-25(21)33-35(30,34-26-15-20(6)11-13-22(26)18(3)4)28(29)23-8-7-9-24-27(23)32-16-31-24/h7-9,17-22,25-26,28-29H,10-16H2,1-6H3/t19-,20-,21-,22-,25-,26-,28+/m1/s1. The Morgan fingerprint density at radius 1 is 0.886 bits per heavy atom. The Bertz CT molecular complexity index is 863. The maximum atomic E-state index is 14.8. The van der Waals surface area contributed by atoms with Gasteiger partial charge in [-0.3, -0.25) is 4.57 Å². The lowest BCUT2D eigenvalue weighted by Gasteiger charge is -2.42. The smallest absolute Gasteiger partial charge is 0.364 e. The van der Waals surface area contributed by atoms with Crippen molar-refractivity contribution in [1.29, 1.82) is 0 Å². The van der Waals surface area contributed by atoms with Gasteiger partial charge >= 0.3 is 7.60 Å². The highest BCUT2D eigenvalue weighted by Crippen LogP contribution is 2.65. The number of ether oxygens (including phenoxy) is 2. The minimum atomic E-state index is -3.99. The molecule has 2 saturated carbocycles. The normalized spacial score (nSPS) is 32.3. The minimum Gasteiger partial charge on any atom is -0.454 e. The zero-order chi connectivity index (χ0) is 25.3. The van der Waals surface area contributed by atoms with Gasteiger partial charge in [0.15, 0.2) is 17.3 Å². The van der Waals surface area contributed by atoms with E-state index in [1.807, 2.05) is 0 Å². The van der Waals surface area contributed by atoms with Crippen molar-refractivity contribution in [2.24, 2.45) is 35.5 Å². The predicted octanol–water partition coefficient (Wildman–Crippen LogP) is 7.55. The number of hydrogen-bond donors (Lipinski definition) is 1. The molecule has 1 aliphatic heterocycles. The lowest BCUT2D eigenvalue weighted by atomic mass is 9.75. The minimum absolute atomic E-state index is 0.0796. The Balaban J connectivity index is 1.69. The molecule has 2 aliphatic carbocycles. The van der Waals surface area contributed by atoms with Crippen LogP contribution in [0.25, 0.3) is 0 Å². The zero-order valence-corrected chi connectivity index (χ0v) is 23.2. The van der Waals surface area contributed by atoms with Crippen LogP contribution in [0.15, 0.2) is 18.2 Å². The summed E-state index contributed by atoms with van der Waals surface area (Å²) in [6.07, 6.45) is 5.57. The summed E-state index contributed by atoms with van der Waals surface area (Å²) < 4.78 is 39.1. The molecule has 0 saturated heterocycles. The van der Waals surface area contributed by atoms with E-state index in [0.717, 1.165) is 38.5 Å². The molecule has 1 heterocycles. The lowest BCUT2D eigenvalue weighted by molar-refractivity contribution is -0.0155. The average molecular weight is 509 g/mol. The molecule has 4 rings (SSSR count). The van der Waals surface area contributed by atoms with Crippen molar-refractivity contribution in [1.82, 2.24) is 0 Å². The first-order valence-electron chi connectivity index (χ1n) is 13.6. The Hall–Kier alpha value is -1.07. The van der Waals surface area contributed by atoms with Gasteiger partial charge in [-0.25, -0.2) is 0 Å².